The van der Waals surface area contributed by atoms with E-state index in [9.17, 15) is 13.2 Å². The monoisotopic (exact) mass is 378 g/mol. The molecule has 0 heterocycles. The maximum atomic E-state index is 12.4. The highest BCUT2D eigenvalue weighted by atomic mass is 32.2. The van der Waals surface area contributed by atoms with Crippen LogP contribution < -0.4 is 14.8 Å². The van der Waals surface area contributed by atoms with E-state index >= 15 is 0 Å². The lowest BCUT2D eigenvalue weighted by atomic mass is 10.1. The number of carbonyl (C=O) groups is 1. The molecule has 0 atom stereocenters. The van der Waals surface area contributed by atoms with Crippen molar-refractivity contribution in [2.24, 2.45) is 0 Å². The molecule has 2 aromatic carbocycles. The lowest BCUT2D eigenvalue weighted by Crippen LogP contribution is -2.27. The minimum Gasteiger partial charge on any atom is -0.493 e. The highest BCUT2D eigenvalue weighted by Gasteiger charge is 2.21. The third-order valence-corrected chi connectivity index (χ3v) is 5.73. The number of methoxy groups -OCH3 is 2. The van der Waals surface area contributed by atoms with Gasteiger partial charge in [-0.1, -0.05) is 18.2 Å². The molecular weight excluding hydrogens is 356 g/mol. The molecule has 0 aliphatic carbocycles. The quantitative estimate of drug-likeness (QED) is 0.795. The smallest absolute Gasteiger partial charge is 0.251 e. The second-order valence-corrected chi connectivity index (χ2v) is 7.77. The molecule has 0 fully saturated rings. The minimum atomic E-state index is -3.59. The first-order valence-electron chi connectivity index (χ1n) is 7.82. The molecule has 2 aromatic rings. The number of benzene rings is 2. The topological polar surface area (TPSA) is 84.9 Å². The Kier molecular flexibility index (Phi) is 6.23. The van der Waals surface area contributed by atoms with E-state index in [4.69, 9.17) is 9.47 Å². The standard InChI is InChI=1S/C18H22N2O5S/c1-20(2)26(22,23)17-8-6-5-7-14(17)12-19-18(21)13-9-10-15(24-3)16(11-13)25-4/h5-11H,12H2,1-4H3,(H,19,21). The summed E-state index contributed by atoms with van der Waals surface area (Å²) < 4.78 is 36.3. The third kappa shape index (κ3) is 4.14. The Balaban J connectivity index is 2.21. The van der Waals surface area contributed by atoms with E-state index in [1.165, 1.54) is 34.4 Å². The first-order valence-corrected chi connectivity index (χ1v) is 9.26. The predicted molar refractivity (Wildman–Crippen MR) is 98.0 cm³/mol. The summed E-state index contributed by atoms with van der Waals surface area (Å²) in [6, 6.07) is 11.4. The van der Waals surface area contributed by atoms with E-state index < -0.39 is 10.0 Å². The third-order valence-electron chi connectivity index (χ3n) is 3.82. The van der Waals surface area contributed by atoms with Gasteiger partial charge in [0.1, 0.15) is 0 Å². The normalized spacial score (nSPS) is 11.3. The van der Waals surface area contributed by atoms with E-state index in [2.05, 4.69) is 5.32 Å². The van der Waals surface area contributed by atoms with Crippen molar-refractivity contribution in [1.82, 2.24) is 9.62 Å². The molecule has 0 aliphatic heterocycles. The Hall–Kier alpha value is -2.58. The van der Waals surface area contributed by atoms with E-state index in [1.807, 2.05) is 0 Å². The van der Waals surface area contributed by atoms with Gasteiger partial charge in [0, 0.05) is 26.2 Å². The fourth-order valence-corrected chi connectivity index (χ4v) is 3.47. The summed E-state index contributed by atoms with van der Waals surface area (Å²) in [7, 11) is 2.34. The van der Waals surface area contributed by atoms with Gasteiger partial charge in [0.05, 0.1) is 19.1 Å². The number of nitrogens with zero attached hydrogens (tertiary/aromatic N) is 1. The molecule has 8 heteroatoms. The van der Waals surface area contributed by atoms with E-state index in [-0.39, 0.29) is 17.3 Å². The Bertz CT molecular complexity index is 894. The number of ether oxygens (including phenoxy) is 2. The molecule has 1 amide bonds. The molecule has 140 valence electrons. The van der Waals surface area contributed by atoms with E-state index in [1.54, 1.807) is 36.4 Å². The summed E-state index contributed by atoms with van der Waals surface area (Å²) in [5.41, 5.74) is 0.894. The van der Waals surface area contributed by atoms with Gasteiger partial charge in [0.15, 0.2) is 11.5 Å². The molecule has 26 heavy (non-hydrogen) atoms. The van der Waals surface area contributed by atoms with Gasteiger partial charge in [-0.25, -0.2) is 12.7 Å². The molecule has 0 radical (unpaired) electrons. The van der Waals surface area contributed by atoms with Crippen LogP contribution in [0.25, 0.3) is 0 Å². The van der Waals surface area contributed by atoms with Crippen molar-refractivity contribution < 1.29 is 22.7 Å². The van der Waals surface area contributed by atoms with Crippen LogP contribution in [0.4, 0.5) is 0 Å². The Morgan fingerprint density at radius 1 is 1.04 bits per heavy atom. The molecule has 0 spiro atoms. The molecule has 2 rings (SSSR count). The van der Waals surface area contributed by atoms with Gasteiger partial charge >= 0.3 is 0 Å². The fraction of sp³-hybridized carbons (Fsp3) is 0.278. The van der Waals surface area contributed by atoms with E-state index in [0.29, 0.717) is 22.6 Å². The van der Waals surface area contributed by atoms with Crippen LogP contribution in [-0.2, 0) is 16.6 Å². The van der Waals surface area contributed by atoms with Crippen molar-refractivity contribution in [2.75, 3.05) is 28.3 Å². The van der Waals surface area contributed by atoms with Crippen LogP contribution in [0.1, 0.15) is 15.9 Å². The zero-order chi connectivity index (χ0) is 19.3. The van der Waals surface area contributed by atoms with Crippen LogP contribution in [0, 0.1) is 0 Å². The van der Waals surface area contributed by atoms with Crippen molar-refractivity contribution in [1.29, 1.82) is 0 Å². The first kappa shape index (κ1) is 19.7. The van der Waals surface area contributed by atoms with Gasteiger partial charge in [0.25, 0.3) is 5.91 Å². The lowest BCUT2D eigenvalue weighted by Gasteiger charge is -2.15. The Morgan fingerprint density at radius 2 is 1.69 bits per heavy atom. The van der Waals surface area contributed by atoms with Crippen LogP contribution in [0.15, 0.2) is 47.4 Å². The maximum absolute atomic E-state index is 12.4. The summed E-state index contributed by atoms with van der Waals surface area (Å²) >= 11 is 0. The molecule has 0 unspecified atom stereocenters. The van der Waals surface area contributed by atoms with Gasteiger partial charge in [-0.2, -0.15) is 0 Å². The van der Waals surface area contributed by atoms with Crippen LogP contribution in [0.2, 0.25) is 0 Å². The number of hydrogen-bond donors (Lipinski definition) is 1. The lowest BCUT2D eigenvalue weighted by molar-refractivity contribution is 0.0950. The molecule has 0 aromatic heterocycles. The second-order valence-electron chi connectivity index (χ2n) is 5.65. The summed E-state index contributed by atoms with van der Waals surface area (Å²) in [6.07, 6.45) is 0. The number of nitrogens with one attached hydrogen (secondary N) is 1. The van der Waals surface area contributed by atoms with E-state index in [0.717, 1.165) is 4.31 Å². The molecule has 1 N–H and O–H groups in total. The number of sulfonamides is 1. The van der Waals surface area contributed by atoms with Gasteiger partial charge in [-0.05, 0) is 29.8 Å². The van der Waals surface area contributed by atoms with Crippen molar-refractivity contribution in [3.8, 4) is 11.5 Å². The minimum absolute atomic E-state index is 0.0798. The maximum Gasteiger partial charge on any atom is 0.251 e. The average Bonchev–Trinajstić information content (AvgIpc) is 2.65. The number of rotatable bonds is 7. The van der Waals surface area contributed by atoms with Crippen molar-refractivity contribution in [3.63, 3.8) is 0 Å². The summed E-state index contributed by atoms with van der Waals surface area (Å²) in [4.78, 5) is 12.6. The number of amides is 1. The summed E-state index contributed by atoms with van der Waals surface area (Å²) in [5.74, 6) is 0.616. The summed E-state index contributed by atoms with van der Waals surface area (Å²) in [5, 5.41) is 2.74. The van der Waals surface area contributed by atoms with Gasteiger partial charge in [-0.3, -0.25) is 4.79 Å². The van der Waals surface area contributed by atoms with Crippen LogP contribution in [0.5, 0.6) is 11.5 Å². The predicted octanol–water partition coefficient (Wildman–Crippen LogP) is 1.88. The van der Waals surface area contributed by atoms with Crippen molar-refractivity contribution >= 4 is 15.9 Å². The summed E-state index contributed by atoms with van der Waals surface area (Å²) in [6.45, 7) is 0.0798. The van der Waals surface area contributed by atoms with Gasteiger partial charge in [-0.15, -0.1) is 0 Å². The first-order chi connectivity index (χ1) is 12.3. The number of carbonyl (C=O) groups excluding carboxylic acids is 1. The molecular formula is C18H22N2O5S. The average molecular weight is 378 g/mol. The SMILES string of the molecule is COc1ccc(C(=O)NCc2ccccc2S(=O)(=O)N(C)C)cc1OC. The van der Waals surface area contributed by atoms with Crippen LogP contribution >= 0.6 is 0 Å². The zero-order valence-electron chi connectivity index (χ0n) is 15.1. The molecule has 0 bridgehead atoms. The largest absolute Gasteiger partial charge is 0.493 e. The zero-order valence-corrected chi connectivity index (χ0v) is 16.0. The Labute approximate surface area is 153 Å². The number of hydrogen-bond acceptors (Lipinski definition) is 5. The van der Waals surface area contributed by atoms with Crippen LogP contribution in [-0.4, -0.2) is 46.9 Å². The highest BCUT2D eigenvalue weighted by Crippen LogP contribution is 2.27. The fourth-order valence-electron chi connectivity index (χ4n) is 2.35. The van der Waals surface area contributed by atoms with Crippen molar-refractivity contribution in [2.45, 2.75) is 11.4 Å². The van der Waals surface area contributed by atoms with Gasteiger partial charge < -0.3 is 14.8 Å². The molecule has 0 saturated heterocycles. The van der Waals surface area contributed by atoms with Gasteiger partial charge in [0.2, 0.25) is 10.0 Å². The molecule has 0 aliphatic rings. The highest BCUT2D eigenvalue weighted by molar-refractivity contribution is 7.89. The van der Waals surface area contributed by atoms with Crippen LogP contribution in [0.3, 0.4) is 0 Å². The van der Waals surface area contributed by atoms with Crippen molar-refractivity contribution in [3.05, 3.63) is 53.6 Å². The second kappa shape index (κ2) is 8.20. The molecule has 7 nitrogen and oxygen atoms in total. The Morgan fingerprint density at radius 3 is 2.31 bits per heavy atom. The molecule has 0 saturated carbocycles.